The number of aromatic nitrogens is 1. The van der Waals surface area contributed by atoms with Gasteiger partial charge in [-0.1, -0.05) is 36.0 Å². The summed E-state index contributed by atoms with van der Waals surface area (Å²) in [6, 6.07) is 12.9. The molecule has 0 saturated heterocycles. The Morgan fingerprint density at radius 2 is 1.59 bits per heavy atom. The molecule has 0 aliphatic rings. The van der Waals surface area contributed by atoms with Crippen LogP contribution in [0.25, 0.3) is 11.1 Å². The molecule has 0 fully saturated rings. The number of benzene rings is 2. The van der Waals surface area contributed by atoms with Crippen LogP contribution in [0.2, 0.25) is 0 Å². The second-order valence-corrected chi connectivity index (χ2v) is 9.95. The lowest BCUT2D eigenvalue weighted by atomic mass is 10.1. The van der Waals surface area contributed by atoms with Crippen LogP contribution in [0.5, 0.6) is 11.5 Å². The fourth-order valence-electron chi connectivity index (χ4n) is 2.58. The van der Waals surface area contributed by atoms with Gasteiger partial charge in [0.2, 0.25) is 0 Å². The number of hydrogen-bond acceptors (Lipinski definition) is 6. The third-order valence-electron chi connectivity index (χ3n) is 4.29. The molecule has 1 N–H and O–H groups in total. The van der Waals surface area contributed by atoms with Crippen molar-refractivity contribution in [3.05, 3.63) is 59.6 Å². The first-order chi connectivity index (χ1) is 15.0. The van der Waals surface area contributed by atoms with Crippen LogP contribution < -0.4 is 9.47 Å². The van der Waals surface area contributed by atoms with Crippen molar-refractivity contribution < 1.29 is 32.5 Å². The minimum Gasteiger partial charge on any atom is -0.493 e. The number of aliphatic carboxylic acids is 1. The standard InChI is InChI=1S/C22H20F3NO4S2/c1-21(2,19(27)28)32-20-26-16(13-31-20)11-12-29-17-7-3-14(4-8-17)15-5-9-18(10-6-15)30-22(23,24)25/h3-10,13H,11-12H2,1-2H3,(H,27,28). The predicted molar refractivity (Wildman–Crippen MR) is 117 cm³/mol. The molecule has 0 radical (unpaired) electrons. The highest BCUT2D eigenvalue weighted by molar-refractivity contribution is 8.02. The van der Waals surface area contributed by atoms with Gasteiger partial charge in [0.05, 0.1) is 12.3 Å². The summed E-state index contributed by atoms with van der Waals surface area (Å²) in [4.78, 5) is 15.7. The van der Waals surface area contributed by atoms with Gasteiger partial charge in [0.1, 0.15) is 16.2 Å². The Hall–Kier alpha value is -2.72. The predicted octanol–water partition coefficient (Wildman–Crippen LogP) is 6.29. The summed E-state index contributed by atoms with van der Waals surface area (Å²) >= 11 is 2.62. The Bertz CT molecular complexity index is 1050. The first-order valence-electron chi connectivity index (χ1n) is 9.48. The smallest absolute Gasteiger partial charge is 0.493 e. The quantitative estimate of drug-likeness (QED) is 0.361. The molecule has 0 aliphatic heterocycles. The number of carbonyl (C=O) groups is 1. The first-order valence-corrected chi connectivity index (χ1v) is 11.2. The minimum absolute atomic E-state index is 0.267. The van der Waals surface area contributed by atoms with Crippen molar-refractivity contribution in [2.75, 3.05) is 6.61 Å². The van der Waals surface area contributed by atoms with Gasteiger partial charge in [-0.2, -0.15) is 0 Å². The molecule has 5 nitrogen and oxygen atoms in total. The molecule has 0 atom stereocenters. The summed E-state index contributed by atoms with van der Waals surface area (Å²) in [6.45, 7) is 3.68. The van der Waals surface area contributed by atoms with E-state index in [0.29, 0.717) is 23.1 Å². The highest BCUT2D eigenvalue weighted by Crippen LogP contribution is 2.34. The van der Waals surface area contributed by atoms with E-state index in [2.05, 4.69) is 9.72 Å². The van der Waals surface area contributed by atoms with E-state index >= 15 is 0 Å². The Labute approximate surface area is 191 Å². The number of halogens is 3. The molecular formula is C22H20F3NO4S2. The monoisotopic (exact) mass is 483 g/mol. The molecule has 0 amide bonds. The van der Waals surface area contributed by atoms with Crippen LogP contribution in [0.15, 0.2) is 58.3 Å². The van der Waals surface area contributed by atoms with Gasteiger partial charge in [-0.25, -0.2) is 4.98 Å². The number of thiazole rings is 1. The van der Waals surface area contributed by atoms with Crippen LogP contribution in [0.1, 0.15) is 19.5 Å². The highest BCUT2D eigenvalue weighted by atomic mass is 32.2. The van der Waals surface area contributed by atoms with Crippen molar-refractivity contribution in [2.45, 2.75) is 35.7 Å². The lowest BCUT2D eigenvalue weighted by Gasteiger charge is -2.15. The van der Waals surface area contributed by atoms with Gasteiger partial charge in [0.25, 0.3) is 0 Å². The van der Waals surface area contributed by atoms with Gasteiger partial charge in [-0.3, -0.25) is 4.79 Å². The average Bonchev–Trinajstić information content (AvgIpc) is 3.14. The zero-order valence-corrected chi connectivity index (χ0v) is 18.8. The first kappa shape index (κ1) is 23.9. The van der Waals surface area contributed by atoms with Gasteiger partial charge in [-0.05, 0) is 49.2 Å². The topological polar surface area (TPSA) is 68.7 Å². The third-order valence-corrected chi connectivity index (χ3v) is 6.46. The van der Waals surface area contributed by atoms with E-state index in [-0.39, 0.29) is 5.75 Å². The Morgan fingerprint density at radius 3 is 2.12 bits per heavy atom. The number of carboxylic acids is 1. The summed E-state index contributed by atoms with van der Waals surface area (Å²) in [6.07, 6.45) is -4.14. The molecule has 0 unspecified atom stereocenters. The third kappa shape index (κ3) is 6.89. The molecule has 3 rings (SSSR count). The molecule has 0 spiro atoms. The minimum atomic E-state index is -4.71. The van der Waals surface area contributed by atoms with Crippen molar-refractivity contribution in [3.63, 3.8) is 0 Å². The second-order valence-electron chi connectivity index (χ2n) is 7.22. The van der Waals surface area contributed by atoms with E-state index in [1.54, 1.807) is 38.1 Å². The number of rotatable bonds is 9. The van der Waals surface area contributed by atoms with Gasteiger partial charge in [0.15, 0.2) is 4.34 Å². The van der Waals surface area contributed by atoms with E-state index in [1.165, 1.54) is 35.2 Å². The van der Waals surface area contributed by atoms with Crippen molar-refractivity contribution in [1.29, 1.82) is 0 Å². The zero-order chi connectivity index (χ0) is 23.4. The number of thioether (sulfide) groups is 1. The van der Waals surface area contributed by atoms with Crippen LogP contribution in [-0.2, 0) is 11.2 Å². The molecule has 1 heterocycles. The Kier molecular flexibility index (Phi) is 7.35. The second kappa shape index (κ2) is 9.83. The van der Waals surface area contributed by atoms with Gasteiger partial charge < -0.3 is 14.6 Å². The van der Waals surface area contributed by atoms with Crippen molar-refractivity contribution in [2.24, 2.45) is 0 Å². The molecule has 32 heavy (non-hydrogen) atoms. The van der Waals surface area contributed by atoms with Gasteiger partial charge in [0, 0.05) is 11.8 Å². The summed E-state index contributed by atoms with van der Waals surface area (Å²) < 4.78 is 46.1. The number of ether oxygens (including phenoxy) is 2. The van der Waals surface area contributed by atoms with Crippen molar-refractivity contribution in [3.8, 4) is 22.6 Å². The molecule has 3 aromatic rings. The highest BCUT2D eigenvalue weighted by Gasteiger charge is 2.31. The number of alkyl halides is 3. The molecule has 2 aromatic carbocycles. The largest absolute Gasteiger partial charge is 0.573 e. The Morgan fingerprint density at radius 1 is 1.03 bits per heavy atom. The maximum atomic E-state index is 12.3. The maximum Gasteiger partial charge on any atom is 0.573 e. The Balaban J connectivity index is 1.51. The van der Waals surface area contributed by atoms with Crippen LogP contribution >= 0.6 is 23.1 Å². The number of carboxylic acid groups (broad SMARTS) is 1. The SMILES string of the molecule is CC(C)(Sc1nc(CCOc2ccc(-c3ccc(OC(F)(F)F)cc3)cc2)cs1)C(=O)O. The van der Waals surface area contributed by atoms with Crippen LogP contribution in [0, 0.1) is 0 Å². The fourth-order valence-corrected chi connectivity index (χ4v) is 4.80. The molecular weight excluding hydrogens is 463 g/mol. The summed E-state index contributed by atoms with van der Waals surface area (Å²) in [5.74, 6) is -0.504. The van der Waals surface area contributed by atoms with Crippen molar-refractivity contribution >= 4 is 29.1 Å². The fraction of sp³-hybridized carbons (Fsp3) is 0.273. The molecule has 0 saturated carbocycles. The number of nitrogens with zero attached hydrogens (tertiary/aromatic N) is 1. The summed E-state index contributed by atoms with van der Waals surface area (Å²) in [5.41, 5.74) is 2.41. The molecule has 10 heteroatoms. The maximum absolute atomic E-state index is 12.3. The lowest BCUT2D eigenvalue weighted by Crippen LogP contribution is -2.26. The normalized spacial score (nSPS) is 11.9. The van der Waals surface area contributed by atoms with E-state index in [1.807, 2.05) is 17.5 Å². The van der Waals surface area contributed by atoms with E-state index in [9.17, 15) is 23.1 Å². The van der Waals surface area contributed by atoms with Crippen molar-refractivity contribution in [1.82, 2.24) is 4.98 Å². The summed E-state index contributed by atoms with van der Waals surface area (Å²) in [7, 11) is 0. The number of hydrogen-bond donors (Lipinski definition) is 1. The molecule has 170 valence electrons. The molecule has 0 aliphatic carbocycles. The summed E-state index contributed by atoms with van der Waals surface area (Å²) in [5, 5.41) is 11.1. The van der Waals surface area contributed by atoms with E-state index < -0.39 is 17.1 Å². The van der Waals surface area contributed by atoms with Crippen LogP contribution in [-0.4, -0.2) is 33.8 Å². The average molecular weight is 484 g/mol. The van der Waals surface area contributed by atoms with Crippen LogP contribution in [0.3, 0.4) is 0 Å². The van der Waals surface area contributed by atoms with Gasteiger partial charge >= 0.3 is 12.3 Å². The molecule has 0 bridgehead atoms. The molecule has 1 aromatic heterocycles. The van der Waals surface area contributed by atoms with E-state index in [4.69, 9.17) is 4.74 Å². The van der Waals surface area contributed by atoms with Gasteiger partial charge in [-0.15, -0.1) is 24.5 Å². The van der Waals surface area contributed by atoms with Crippen LogP contribution in [0.4, 0.5) is 13.2 Å². The van der Waals surface area contributed by atoms with E-state index in [0.717, 1.165) is 16.8 Å². The zero-order valence-electron chi connectivity index (χ0n) is 17.2. The lowest BCUT2D eigenvalue weighted by molar-refractivity contribution is -0.274.